The summed E-state index contributed by atoms with van der Waals surface area (Å²) in [7, 11) is 3.41. The molecule has 0 radical (unpaired) electrons. The van der Waals surface area contributed by atoms with Crippen molar-refractivity contribution in [3.8, 4) is 0 Å². The summed E-state index contributed by atoms with van der Waals surface area (Å²) in [4.78, 5) is 24.7. The highest BCUT2D eigenvalue weighted by Crippen LogP contribution is 2.14. The van der Waals surface area contributed by atoms with E-state index in [4.69, 9.17) is 5.11 Å². The molecule has 1 rings (SSSR count). The summed E-state index contributed by atoms with van der Waals surface area (Å²) >= 11 is 1.37. The Kier molecular flexibility index (Phi) is 4.65. The normalized spacial score (nSPS) is 12.2. The van der Waals surface area contributed by atoms with Crippen LogP contribution in [-0.4, -0.2) is 42.0 Å². The molecule has 94 valence electrons. The van der Waals surface area contributed by atoms with Gasteiger partial charge in [-0.15, -0.1) is 11.3 Å². The molecule has 0 aliphatic carbocycles. The lowest BCUT2D eigenvalue weighted by Crippen LogP contribution is -2.40. The number of hydrogen-bond donors (Lipinski definition) is 2. The van der Waals surface area contributed by atoms with Crippen molar-refractivity contribution in [2.75, 3.05) is 14.1 Å². The van der Waals surface area contributed by atoms with Crippen LogP contribution in [0, 0.1) is 0 Å². The van der Waals surface area contributed by atoms with Gasteiger partial charge in [0.1, 0.15) is 0 Å². The van der Waals surface area contributed by atoms with E-state index in [1.54, 1.807) is 32.5 Å². The van der Waals surface area contributed by atoms with E-state index >= 15 is 0 Å². The summed E-state index contributed by atoms with van der Waals surface area (Å²) in [5, 5.41) is 13.4. The number of likely N-dealkylation sites (N-methyl/N-ethyl adjacent to an activating group) is 1. The lowest BCUT2D eigenvalue weighted by atomic mass is 10.2. The third kappa shape index (κ3) is 3.83. The molecule has 1 amide bonds. The fourth-order valence-electron chi connectivity index (χ4n) is 1.31. The molecule has 0 aliphatic rings. The predicted molar refractivity (Wildman–Crippen MR) is 66.3 cm³/mol. The van der Waals surface area contributed by atoms with Gasteiger partial charge in [-0.05, 0) is 13.0 Å². The van der Waals surface area contributed by atoms with Crippen LogP contribution in [0.15, 0.2) is 11.4 Å². The Morgan fingerprint density at radius 2 is 2.18 bits per heavy atom. The van der Waals surface area contributed by atoms with Crippen molar-refractivity contribution in [3.05, 3.63) is 21.9 Å². The van der Waals surface area contributed by atoms with Gasteiger partial charge in [0.05, 0.1) is 11.6 Å². The minimum atomic E-state index is -0.926. The lowest BCUT2D eigenvalue weighted by molar-refractivity contribution is -0.130. The van der Waals surface area contributed by atoms with Gasteiger partial charge >= 0.3 is 5.97 Å². The van der Waals surface area contributed by atoms with E-state index in [-0.39, 0.29) is 11.9 Å². The van der Waals surface area contributed by atoms with Gasteiger partial charge in [0.2, 0.25) is 5.91 Å². The zero-order valence-electron chi connectivity index (χ0n) is 10.1. The Morgan fingerprint density at radius 1 is 1.53 bits per heavy atom. The van der Waals surface area contributed by atoms with Crippen molar-refractivity contribution >= 4 is 23.2 Å². The first-order valence-corrected chi connectivity index (χ1v) is 6.05. The SMILES string of the molecule is CC(NCc1cc(C(=O)O)cs1)C(=O)N(C)C. The van der Waals surface area contributed by atoms with Gasteiger partial charge in [0.25, 0.3) is 0 Å². The highest BCUT2D eigenvalue weighted by Gasteiger charge is 2.14. The molecular formula is C11H16N2O3S. The summed E-state index contributed by atoms with van der Waals surface area (Å²) in [6, 6.07) is 1.34. The van der Waals surface area contributed by atoms with Gasteiger partial charge in [-0.25, -0.2) is 4.79 Å². The van der Waals surface area contributed by atoms with Crippen LogP contribution in [0.25, 0.3) is 0 Å². The maximum Gasteiger partial charge on any atom is 0.336 e. The molecule has 17 heavy (non-hydrogen) atoms. The van der Waals surface area contributed by atoms with Crippen molar-refractivity contribution in [2.45, 2.75) is 19.5 Å². The fourth-order valence-corrected chi connectivity index (χ4v) is 2.12. The van der Waals surface area contributed by atoms with Gasteiger partial charge in [0.15, 0.2) is 0 Å². The Labute approximate surface area is 104 Å². The minimum Gasteiger partial charge on any atom is -0.478 e. The summed E-state index contributed by atoms with van der Waals surface area (Å²) in [6.07, 6.45) is 0. The first-order chi connectivity index (χ1) is 7.91. The van der Waals surface area contributed by atoms with Crippen molar-refractivity contribution in [2.24, 2.45) is 0 Å². The summed E-state index contributed by atoms with van der Waals surface area (Å²) < 4.78 is 0. The number of amides is 1. The number of nitrogens with one attached hydrogen (secondary N) is 1. The van der Waals surface area contributed by atoms with Gasteiger partial charge < -0.3 is 15.3 Å². The summed E-state index contributed by atoms with van der Waals surface area (Å²) in [5.41, 5.74) is 0.290. The molecule has 1 aromatic rings. The Morgan fingerprint density at radius 3 is 2.65 bits per heavy atom. The molecule has 1 unspecified atom stereocenters. The molecule has 1 atom stereocenters. The quantitative estimate of drug-likeness (QED) is 0.825. The van der Waals surface area contributed by atoms with E-state index in [9.17, 15) is 9.59 Å². The Hall–Kier alpha value is -1.40. The highest BCUT2D eigenvalue weighted by molar-refractivity contribution is 7.10. The van der Waals surface area contributed by atoms with Gasteiger partial charge in [-0.3, -0.25) is 4.79 Å². The van der Waals surface area contributed by atoms with E-state index in [1.165, 1.54) is 16.2 Å². The molecule has 0 fully saturated rings. The maximum atomic E-state index is 11.6. The van der Waals surface area contributed by atoms with Crippen LogP contribution < -0.4 is 5.32 Å². The van der Waals surface area contributed by atoms with Gasteiger partial charge in [-0.2, -0.15) is 0 Å². The number of carboxylic acids is 1. The van der Waals surface area contributed by atoms with Crippen LogP contribution in [-0.2, 0) is 11.3 Å². The Balaban J connectivity index is 2.50. The largest absolute Gasteiger partial charge is 0.478 e. The molecule has 5 nitrogen and oxygen atoms in total. The van der Waals surface area contributed by atoms with Crippen molar-refractivity contribution in [1.29, 1.82) is 0 Å². The average molecular weight is 256 g/mol. The number of carbonyl (C=O) groups is 2. The molecule has 1 aromatic heterocycles. The molecule has 0 aliphatic heterocycles. The number of rotatable bonds is 5. The first-order valence-electron chi connectivity index (χ1n) is 5.17. The second kappa shape index (κ2) is 5.79. The Bertz CT molecular complexity index is 415. The van der Waals surface area contributed by atoms with Crippen LogP contribution in [0.4, 0.5) is 0 Å². The summed E-state index contributed by atoms with van der Waals surface area (Å²) in [6.45, 7) is 2.28. The van der Waals surface area contributed by atoms with Crippen molar-refractivity contribution < 1.29 is 14.7 Å². The molecule has 1 heterocycles. The second-order valence-corrected chi connectivity index (χ2v) is 4.94. The smallest absolute Gasteiger partial charge is 0.336 e. The van der Waals surface area contributed by atoms with Crippen molar-refractivity contribution in [1.82, 2.24) is 10.2 Å². The third-order valence-corrected chi connectivity index (χ3v) is 3.23. The van der Waals surface area contributed by atoms with Crippen LogP contribution in [0.3, 0.4) is 0 Å². The number of aromatic carboxylic acids is 1. The lowest BCUT2D eigenvalue weighted by Gasteiger charge is -2.17. The predicted octanol–water partition coefficient (Wildman–Crippen LogP) is 1.01. The molecule has 0 spiro atoms. The zero-order valence-corrected chi connectivity index (χ0v) is 10.9. The molecule has 0 bridgehead atoms. The number of carboxylic acid groups (broad SMARTS) is 1. The highest BCUT2D eigenvalue weighted by atomic mass is 32.1. The number of carbonyl (C=O) groups excluding carboxylic acids is 1. The zero-order chi connectivity index (χ0) is 13.0. The van der Waals surface area contributed by atoms with Crippen LogP contribution in [0.1, 0.15) is 22.2 Å². The standard InChI is InChI=1S/C11H16N2O3S/c1-7(10(14)13(2)3)12-5-9-4-8(6-17-9)11(15)16/h4,6-7,12H,5H2,1-3H3,(H,15,16). The average Bonchev–Trinajstić information content (AvgIpc) is 2.73. The van der Waals surface area contributed by atoms with Gasteiger partial charge in [0, 0.05) is 30.9 Å². The molecule has 0 saturated heterocycles. The number of thiophene rings is 1. The number of nitrogens with zero attached hydrogens (tertiary/aromatic N) is 1. The minimum absolute atomic E-state index is 0.0000131. The summed E-state index contributed by atoms with van der Waals surface area (Å²) in [5.74, 6) is -0.926. The first kappa shape index (κ1) is 13.7. The molecule has 0 aromatic carbocycles. The molecule has 0 saturated carbocycles. The van der Waals surface area contributed by atoms with Crippen LogP contribution >= 0.6 is 11.3 Å². The number of hydrogen-bond acceptors (Lipinski definition) is 4. The third-order valence-electron chi connectivity index (χ3n) is 2.29. The maximum absolute atomic E-state index is 11.6. The van der Waals surface area contributed by atoms with Crippen LogP contribution in [0.2, 0.25) is 0 Å². The second-order valence-electron chi connectivity index (χ2n) is 3.94. The van der Waals surface area contributed by atoms with Gasteiger partial charge in [-0.1, -0.05) is 0 Å². The van der Waals surface area contributed by atoms with Crippen LogP contribution in [0.5, 0.6) is 0 Å². The fraction of sp³-hybridized carbons (Fsp3) is 0.455. The topological polar surface area (TPSA) is 69.6 Å². The molecule has 2 N–H and O–H groups in total. The van der Waals surface area contributed by atoms with E-state index in [0.29, 0.717) is 12.1 Å². The van der Waals surface area contributed by atoms with E-state index in [0.717, 1.165) is 4.88 Å². The van der Waals surface area contributed by atoms with E-state index in [1.807, 2.05) is 0 Å². The molecular weight excluding hydrogens is 240 g/mol. The monoisotopic (exact) mass is 256 g/mol. The van der Waals surface area contributed by atoms with Crippen molar-refractivity contribution in [3.63, 3.8) is 0 Å². The van der Waals surface area contributed by atoms with E-state index < -0.39 is 5.97 Å². The molecule has 6 heteroatoms. The van der Waals surface area contributed by atoms with E-state index in [2.05, 4.69) is 5.32 Å².